The molecular weight excluding hydrogens is 271 g/mol. The fourth-order valence-electron chi connectivity index (χ4n) is 1.59. The summed E-state index contributed by atoms with van der Waals surface area (Å²) in [6.45, 7) is 0.356. The van der Waals surface area contributed by atoms with Crippen molar-refractivity contribution in [3.05, 3.63) is 65.5 Å². The summed E-state index contributed by atoms with van der Waals surface area (Å²) in [6, 6.07) is 13.5. The summed E-state index contributed by atoms with van der Waals surface area (Å²) in [4.78, 5) is 0. The molecule has 0 saturated heterocycles. The molecule has 0 radical (unpaired) electrons. The van der Waals surface area contributed by atoms with E-state index in [1.54, 1.807) is 18.2 Å². The molecule has 2 rings (SSSR count). The van der Waals surface area contributed by atoms with Gasteiger partial charge in [0.15, 0.2) is 0 Å². The van der Waals surface area contributed by atoms with Crippen LogP contribution in [0.2, 0.25) is 0 Å². The van der Waals surface area contributed by atoms with Gasteiger partial charge in [0.2, 0.25) is 5.96 Å². The van der Waals surface area contributed by atoms with Crippen LogP contribution >= 0.6 is 0 Å². The van der Waals surface area contributed by atoms with Crippen molar-refractivity contribution in [1.82, 2.24) is 0 Å². The molecule has 0 unspecified atom stereocenters. The van der Waals surface area contributed by atoms with Gasteiger partial charge < -0.3 is 16.2 Å². The molecule has 2 aromatic rings. The van der Waals surface area contributed by atoms with Gasteiger partial charge in [-0.15, -0.1) is 5.10 Å². The van der Waals surface area contributed by atoms with Gasteiger partial charge in [0.25, 0.3) is 0 Å². The topological polar surface area (TPSA) is 86.0 Å². The van der Waals surface area contributed by atoms with Crippen LogP contribution in [0, 0.1) is 5.82 Å². The maximum atomic E-state index is 12.8. The van der Waals surface area contributed by atoms with E-state index in [-0.39, 0.29) is 11.8 Å². The molecule has 108 valence electrons. The Balaban J connectivity index is 1.99. The number of ether oxygens (including phenoxy) is 1. The average Bonchev–Trinajstić information content (AvgIpc) is 2.47. The minimum atomic E-state index is -0.267. The first kappa shape index (κ1) is 14.5. The van der Waals surface area contributed by atoms with Crippen LogP contribution in [0.15, 0.2) is 58.7 Å². The molecule has 2 aromatic carbocycles. The number of guanidine groups is 1. The van der Waals surface area contributed by atoms with Gasteiger partial charge in [-0.25, -0.2) is 4.39 Å². The molecule has 0 fully saturated rings. The first-order valence-corrected chi connectivity index (χ1v) is 6.23. The zero-order chi connectivity index (χ0) is 15.1. The van der Waals surface area contributed by atoms with Gasteiger partial charge in [-0.05, 0) is 35.4 Å². The first-order valence-electron chi connectivity index (χ1n) is 6.23. The molecule has 0 aliphatic carbocycles. The van der Waals surface area contributed by atoms with Gasteiger partial charge in [0.1, 0.15) is 18.2 Å². The Morgan fingerprint density at radius 2 is 1.90 bits per heavy atom. The summed E-state index contributed by atoms with van der Waals surface area (Å²) in [7, 11) is 0. The lowest BCUT2D eigenvalue weighted by atomic mass is 10.2. The maximum Gasteiger partial charge on any atom is 0.211 e. The van der Waals surface area contributed by atoms with E-state index in [0.29, 0.717) is 12.4 Å². The van der Waals surface area contributed by atoms with E-state index in [0.717, 1.165) is 11.1 Å². The Bertz CT molecular complexity index is 649. The number of nitrogens with zero attached hydrogens (tertiary/aromatic N) is 2. The first-order chi connectivity index (χ1) is 10.1. The SMILES string of the molecule is NC(N)=N/N=C\c1cccc(OCc2ccc(F)cc2)c1. The third kappa shape index (κ3) is 4.94. The second-order valence-electron chi connectivity index (χ2n) is 4.26. The second kappa shape index (κ2) is 7.04. The Morgan fingerprint density at radius 1 is 1.14 bits per heavy atom. The molecule has 0 aliphatic heterocycles. The molecule has 0 saturated carbocycles. The van der Waals surface area contributed by atoms with Crippen molar-refractivity contribution in [2.75, 3.05) is 0 Å². The van der Waals surface area contributed by atoms with Gasteiger partial charge in [-0.1, -0.05) is 24.3 Å². The van der Waals surface area contributed by atoms with E-state index in [9.17, 15) is 4.39 Å². The summed E-state index contributed by atoms with van der Waals surface area (Å²) < 4.78 is 18.4. The summed E-state index contributed by atoms with van der Waals surface area (Å²) in [5, 5.41) is 7.24. The molecule has 0 spiro atoms. The lowest BCUT2D eigenvalue weighted by Gasteiger charge is -2.06. The zero-order valence-corrected chi connectivity index (χ0v) is 11.2. The third-order valence-corrected chi connectivity index (χ3v) is 2.56. The van der Waals surface area contributed by atoms with E-state index in [1.807, 2.05) is 18.2 Å². The molecule has 6 heteroatoms. The maximum absolute atomic E-state index is 12.8. The standard InChI is InChI=1S/C15H15FN4O/c16-13-6-4-11(5-7-13)10-21-14-3-1-2-12(8-14)9-19-20-15(17)18/h1-9H,10H2,(H4,17,18,20)/b19-9-. The Hall–Kier alpha value is -2.89. The normalized spacial score (nSPS) is 10.5. The number of rotatable bonds is 5. The van der Waals surface area contributed by atoms with Crippen molar-refractivity contribution >= 4 is 12.2 Å². The highest BCUT2D eigenvalue weighted by atomic mass is 19.1. The summed E-state index contributed by atoms with van der Waals surface area (Å²) in [5.41, 5.74) is 12.0. The van der Waals surface area contributed by atoms with Crippen LogP contribution in [0.3, 0.4) is 0 Å². The smallest absolute Gasteiger partial charge is 0.211 e. The molecule has 21 heavy (non-hydrogen) atoms. The summed E-state index contributed by atoms with van der Waals surface area (Å²) >= 11 is 0. The molecule has 0 atom stereocenters. The predicted molar refractivity (Wildman–Crippen MR) is 80.6 cm³/mol. The second-order valence-corrected chi connectivity index (χ2v) is 4.26. The largest absolute Gasteiger partial charge is 0.489 e. The van der Waals surface area contributed by atoms with Crippen LogP contribution in [-0.4, -0.2) is 12.2 Å². The summed E-state index contributed by atoms with van der Waals surface area (Å²) in [6.07, 6.45) is 1.52. The number of nitrogens with two attached hydrogens (primary N) is 2. The zero-order valence-electron chi connectivity index (χ0n) is 11.2. The molecule has 0 amide bonds. The Morgan fingerprint density at radius 3 is 2.62 bits per heavy atom. The molecule has 0 aromatic heterocycles. The van der Waals surface area contributed by atoms with Crippen molar-refractivity contribution < 1.29 is 9.13 Å². The average molecular weight is 286 g/mol. The van der Waals surface area contributed by atoms with E-state index in [4.69, 9.17) is 16.2 Å². The minimum Gasteiger partial charge on any atom is -0.489 e. The Kier molecular flexibility index (Phi) is 4.87. The quantitative estimate of drug-likeness (QED) is 0.501. The van der Waals surface area contributed by atoms with Crippen LogP contribution in [0.4, 0.5) is 4.39 Å². The van der Waals surface area contributed by atoms with Crippen molar-refractivity contribution in [1.29, 1.82) is 0 Å². The number of halogens is 1. The molecular formula is C15H15FN4O. The Labute approximate surface area is 121 Å². The van der Waals surface area contributed by atoms with Gasteiger partial charge >= 0.3 is 0 Å². The number of hydrogen-bond acceptors (Lipinski definition) is 3. The van der Waals surface area contributed by atoms with Gasteiger partial charge in [-0.2, -0.15) is 5.10 Å². The van der Waals surface area contributed by atoms with Gasteiger partial charge in [0, 0.05) is 0 Å². The van der Waals surface area contributed by atoms with Crippen LogP contribution < -0.4 is 16.2 Å². The van der Waals surface area contributed by atoms with Crippen LogP contribution in [0.25, 0.3) is 0 Å². The third-order valence-electron chi connectivity index (χ3n) is 2.56. The highest BCUT2D eigenvalue weighted by Crippen LogP contribution is 2.14. The van der Waals surface area contributed by atoms with E-state index in [1.165, 1.54) is 18.3 Å². The van der Waals surface area contributed by atoms with E-state index < -0.39 is 0 Å². The fourth-order valence-corrected chi connectivity index (χ4v) is 1.59. The monoisotopic (exact) mass is 286 g/mol. The van der Waals surface area contributed by atoms with Gasteiger partial charge in [0.05, 0.1) is 6.21 Å². The van der Waals surface area contributed by atoms with Gasteiger partial charge in [-0.3, -0.25) is 0 Å². The molecule has 0 heterocycles. The number of benzene rings is 2. The lowest BCUT2D eigenvalue weighted by Crippen LogP contribution is -2.21. The van der Waals surface area contributed by atoms with Crippen molar-refractivity contribution in [2.24, 2.45) is 21.7 Å². The molecule has 0 aliphatic rings. The highest BCUT2D eigenvalue weighted by Gasteiger charge is 1.98. The van der Waals surface area contributed by atoms with Crippen LogP contribution in [0.5, 0.6) is 5.75 Å². The van der Waals surface area contributed by atoms with E-state index >= 15 is 0 Å². The minimum absolute atomic E-state index is 0.102. The highest BCUT2D eigenvalue weighted by molar-refractivity contribution is 5.81. The van der Waals surface area contributed by atoms with Crippen LogP contribution in [-0.2, 0) is 6.61 Å². The fraction of sp³-hybridized carbons (Fsp3) is 0.0667. The lowest BCUT2D eigenvalue weighted by molar-refractivity contribution is 0.306. The molecule has 4 N–H and O–H groups in total. The van der Waals surface area contributed by atoms with Crippen LogP contribution in [0.1, 0.15) is 11.1 Å². The summed E-state index contributed by atoms with van der Waals surface area (Å²) in [5.74, 6) is 0.305. The van der Waals surface area contributed by atoms with Crippen molar-refractivity contribution in [2.45, 2.75) is 6.61 Å². The van der Waals surface area contributed by atoms with Crippen molar-refractivity contribution in [3.8, 4) is 5.75 Å². The molecule has 5 nitrogen and oxygen atoms in total. The predicted octanol–water partition coefficient (Wildman–Crippen LogP) is 2.01. The van der Waals surface area contributed by atoms with E-state index in [2.05, 4.69) is 10.2 Å². The molecule has 0 bridgehead atoms. The number of hydrogen-bond donors (Lipinski definition) is 2. The van der Waals surface area contributed by atoms with Crippen molar-refractivity contribution in [3.63, 3.8) is 0 Å².